The second-order valence-electron chi connectivity index (χ2n) is 16.3. The summed E-state index contributed by atoms with van der Waals surface area (Å²) in [5.41, 5.74) is 0. The van der Waals surface area contributed by atoms with Crippen molar-refractivity contribution >= 4 is 35.6 Å². The first-order valence-corrected chi connectivity index (χ1v) is 21.1. The number of aliphatic hydroxyl groups excluding tert-OH is 8. The fourth-order valence-corrected chi connectivity index (χ4v) is 8.04. The van der Waals surface area contributed by atoms with Gasteiger partial charge in [0.25, 0.3) is 0 Å². The van der Waals surface area contributed by atoms with Gasteiger partial charge in [-0.2, -0.15) is 0 Å². The van der Waals surface area contributed by atoms with Gasteiger partial charge in [-0.25, -0.2) is 9.59 Å². The Morgan fingerprint density at radius 3 is 1.19 bits per heavy atom. The molecule has 0 aromatic carbocycles. The van der Waals surface area contributed by atoms with Crippen LogP contribution >= 0.6 is 0 Å². The zero-order valence-corrected chi connectivity index (χ0v) is 37.1. The van der Waals surface area contributed by atoms with Crippen molar-refractivity contribution < 1.29 is 122 Å². The Kier molecular flexibility index (Phi) is 20.5. The quantitative estimate of drug-likeness (QED) is 0.0539. The molecule has 4 unspecified atom stereocenters. The predicted octanol–water partition coefficient (Wildman–Crippen LogP) is -8.18. The van der Waals surface area contributed by atoms with Crippen LogP contribution in [0.15, 0.2) is 0 Å². The third-order valence-electron chi connectivity index (χ3n) is 11.2. The van der Waals surface area contributed by atoms with Gasteiger partial charge in [0.1, 0.15) is 97.4 Å². The molecular weight excluding hydrogens is 912 g/mol. The minimum absolute atomic E-state index is 0.731. The van der Waals surface area contributed by atoms with E-state index in [1.165, 1.54) is 0 Å². The fourth-order valence-electron chi connectivity index (χ4n) is 8.04. The summed E-state index contributed by atoms with van der Waals surface area (Å²) < 4.78 is 53.4. The third-order valence-corrected chi connectivity index (χ3v) is 11.2. The molecule has 4 amide bonds. The maximum atomic E-state index is 12.8. The van der Waals surface area contributed by atoms with Crippen LogP contribution in [0.3, 0.4) is 0 Å². The number of aliphatic carboxylic acids is 2. The van der Waals surface area contributed by atoms with E-state index in [0.29, 0.717) is 0 Å². The molecule has 4 heterocycles. The van der Waals surface area contributed by atoms with Gasteiger partial charge in [-0.1, -0.05) is 0 Å². The molecule has 4 saturated heterocycles. The Hall–Kier alpha value is -3.86. The van der Waals surface area contributed by atoms with E-state index in [1.807, 2.05) is 0 Å². The lowest BCUT2D eigenvalue weighted by Crippen LogP contribution is -2.72. The molecule has 0 spiro atoms. The van der Waals surface area contributed by atoms with Gasteiger partial charge in [-0.05, 0) is 13.8 Å². The summed E-state index contributed by atoms with van der Waals surface area (Å²) in [4.78, 5) is 73.9. The number of carboxylic acid groups (broad SMARTS) is 2. The molecule has 4 aliphatic rings. The minimum Gasteiger partial charge on any atom is -0.479 e. The lowest BCUT2D eigenvalue weighted by atomic mass is 9.93. The maximum Gasteiger partial charge on any atom is 0.332 e. The normalized spacial score (nSPS) is 39.9. The minimum atomic E-state index is -2.02. The Bertz CT molecular complexity index is 1700. The zero-order valence-electron chi connectivity index (χ0n) is 37.1. The summed E-state index contributed by atoms with van der Waals surface area (Å²) >= 11 is 0. The Morgan fingerprint density at radius 2 is 0.776 bits per heavy atom. The lowest BCUT2D eigenvalue weighted by molar-refractivity contribution is -0.366. The number of rotatable bonds is 20. The van der Waals surface area contributed by atoms with E-state index in [0.717, 1.165) is 41.5 Å². The third kappa shape index (κ3) is 13.7. The van der Waals surface area contributed by atoms with Crippen molar-refractivity contribution in [2.75, 3.05) is 26.4 Å². The van der Waals surface area contributed by atoms with Crippen molar-refractivity contribution in [2.24, 2.45) is 0 Å². The molecule has 22 atom stereocenters. The number of carbonyl (C=O) groups excluding carboxylic acids is 4. The van der Waals surface area contributed by atoms with Crippen LogP contribution in [0.25, 0.3) is 0 Å². The van der Waals surface area contributed by atoms with Gasteiger partial charge < -0.3 is 115 Å². The summed E-state index contributed by atoms with van der Waals surface area (Å²) in [5.74, 6) is -6.13. The molecule has 29 nitrogen and oxygen atoms in total. The van der Waals surface area contributed by atoms with Gasteiger partial charge >= 0.3 is 11.9 Å². The summed E-state index contributed by atoms with van der Waals surface area (Å²) in [6, 6.07) is -6.54. The molecule has 0 aromatic rings. The van der Waals surface area contributed by atoms with Crippen molar-refractivity contribution in [3.05, 3.63) is 0 Å². The first kappa shape index (κ1) is 55.7. The molecule has 4 rings (SSSR count). The highest BCUT2D eigenvalue weighted by Crippen LogP contribution is 2.36. The van der Waals surface area contributed by atoms with Crippen LogP contribution in [0.1, 0.15) is 41.5 Å². The summed E-state index contributed by atoms with van der Waals surface area (Å²) in [6.07, 6.45) is -31.5. The molecule has 67 heavy (non-hydrogen) atoms. The van der Waals surface area contributed by atoms with Crippen LogP contribution in [0.5, 0.6) is 0 Å². The SMILES string of the molecule is CC(=O)N[C@H]1C(O[C@H]2[C@H](O[C@H](C)C(=O)O)[C@@H](NC(C)=O)C(O[C@H]3[C@H](O)[C@@H](NC(C)=O)C(O[C@H]4[C@H](O[C@H](C)C(=O)O)[C@@H](NC(C)=O)C(O)O[C@@H]4CO)O[C@@H]3CO)O[C@@H]2CO)O[C@H](CO)[C@@H](O)[C@@H]1O. The molecule has 0 aliphatic carbocycles. The number of hydrogen-bond donors (Lipinski definition) is 14. The number of nitrogens with one attached hydrogen (secondary N) is 4. The van der Waals surface area contributed by atoms with Crippen LogP contribution in [0.4, 0.5) is 0 Å². The van der Waals surface area contributed by atoms with E-state index in [9.17, 15) is 79.8 Å². The Morgan fingerprint density at radius 1 is 0.448 bits per heavy atom. The van der Waals surface area contributed by atoms with E-state index in [-0.39, 0.29) is 0 Å². The van der Waals surface area contributed by atoms with Crippen molar-refractivity contribution in [2.45, 2.75) is 176 Å². The van der Waals surface area contributed by atoms with Gasteiger partial charge in [0.15, 0.2) is 37.4 Å². The van der Waals surface area contributed by atoms with E-state index < -0.39 is 197 Å². The highest BCUT2D eigenvalue weighted by molar-refractivity contribution is 5.75. The molecule has 0 aromatic heterocycles. The maximum absolute atomic E-state index is 12.8. The van der Waals surface area contributed by atoms with E-state index in [1.54, 1.807) is 0 Å². The Labute approximate surface area is 381 Å². The van der Waals surface area contributed by atoms with Crippen molar-refractivity contribution in [1.29, 1.82) is 0 Å². The van der Waals surface area contributed by atoms with Crippen LogP contribution in [-0.4, -0.2) is 248 Å². The summed E-state index contributed by atoms with van der Waals surface area (Å²) in [6.45, 7) is 2.61. The zero-order chi connectivity index (χ0) is 50.2. The average molecular weight is 975 g/mol. The molecule has 384 valence electrons. The smallest absolute Gasteiger partial charge is 0.332 e. The first-order valence-electron chi connectivity index (χ1n) is 21.1. The van der Waals surface area contributed by atoms with Gasteiger partial charge in [0.05, 0.1) is 26.4 Å². The number of carboxylic acids is 2. The molecule has 4 fully saturated rings. The van der Waals surface area contributed by atoms with Crippen LogP contribution < -0.4 is 21.3 Å². The van der Waals surface area contributed by atoms with Gasteiger partial charge in [0.2, 0.25) is 23.6 Å². The first-order chi connectivity index (χ1) is 31.5. The molecule has 4 aliphatic heterocycles. The second kappa shape index (κ2) is 24.6. The van der Waals surface area contributed by atoms with Crippen LogP contribution in [-0.2, 0) is 71.4 Å². The molecule has 0 bridgehead atoms. The Balaban J connectivity index is 1.75. The molecule has 0 radical (unpaired) electrons. The number of ether oxygens (including phenoxy) is 9. The molecule has 29 heteroatoms. The topological polar surface area (TPSA) is 436 Å². The summed E-state index contributed by atoms with van der Waals surface area (Å²) in [7, 11) is 0. The summed E-state index contributed by atoms with van der Waals surface area (Å²) in [5, 5.41) is 115. The van der Waals surface area contributed by atoms with E-state index in [2.05, 4.69) is 21.3 Å². The van der Waals surface area contributed by atoms with Gasteiger partial charge in [-0.3, -0.25) is 19.2 Å². The largest absolute Gasteiger partial charge is 0.479 e. The lowest BCUT2D eigenvalue weighted by Gasteiger charge is -2.52. The van der Waals surface area contributed by atoms with Gasteiger partial charge in [0, 0.05) is 27.7 Å². The highest BCUT2D eigenvalue weighted by atomic mass is 16.8. The molecular formula is C38H62N4O25. The highest BCUT2D eigenvalue weighted by Gasteiger charge is 2.57. The standard InChI is InChI=1S/C38H62N4O25/c1-11(33(54)55)59-31-23(41-15(5)49)35(58)61-19(9-45)29(31)66-37-22(40-14(4)48)27(53)28(18(8-44)63-37)65-38-24(42-16(6)50)32(60-12(2)34(56)57)30(20(10-46)64-38)67-36-21(39-13(3)47)26(52)25(51)17(7-43)62-36/h11-12,17-32,35-38,43-46,51-53,58H,7-10H2,1-6H3,(H,39,47)(H,40,48)(H,41,49)(H,42,50)(H,54,55)(H,56,57)/t11-,12-,17-,18-,19-,20-,21-,22-,23-,24-,25-,26-,27-,28-,29-,30-,31-,32-,35?,36?,37?,38?/m1/s1. The van der Waals surface area contributed by atoms with E-state index in [4.69, 9.17) is 42.6 Å². The van der Waals surface area contributed by atoms with Crippen molar-refractivity contribution in [3.8, 4) is 0 Å². The number of carbonyl (C=O) groups is 6. The van der Waals surface area contributed by atoms with Crippen molar-refractivity contribution in [3.63, 3.8) is 0 Å². The fraction of sp³-hybridized carbons (Fsp3) is 0.842. The van der Waals surface area contributed by atoms with Gasteiger partial charge in [-0.15, -0.1) is 0 Å². The second-order valence-corrected chi connectivity index (χ2v) is 16.3. The predicted molar refractivity (Wildman–Crippen MR) is 212 cm³/mol. The number of hydrogen-bond acceptors (Lipinski definition) is 23. The number of amides is 4. The van der Waals surface area contributed by atoms with Crippen LogP contribution in [0, 0.1) is 0 Å². The number of aliphatic hydroxyl groups is 8. The monoisotopic (exact) mass is 974 g/mol. The molecule has 0 saturated carbocycles. The molecule has 14 N–H and O–H groups in total. The average Bonchev–Trinajstić information content (AvgIpc) is 3.25. The van der Waals surface area contributed by atoms with Crippen LogP contribution in [0.2, 0.25) is 0 Å². The van der Waals surface area contributed by atoms with E-state index >= 15 is 0 Å². The van der Waals surface area contributed by atoms with Crippen molar-refractivity contribution in [1.82, 2.24) is 21.3 Å².